The van der Waals surface area contributed by atoms with Crippen molar-refractivity contribution in [2.24, 2.45) is 0 Å². The second kappa shape index (κ2) is 3.83. The van der Waals surface area contributed by atoms with Gasteiger partial charge in [-0.05, 0) is 24.1 Å². The van der Waals surface area contributed by atoms with E-state index in [1.165, 1.54) is 0 Å². The van der Waals surface area contributed by atoms with Crippen molar-refractivity contribution in [2.45, 2.75) is 12.8 Å². The molecule has 0 atom stereocenters. The molecule has 0 bridgehead atoms. The first kappa shape index (κ1) is 7.88. The van der Waals surface area contributed by atoms with Crippen LogP contribution in [0.25, 0.3) is 0 Å². The molecule has 1 aromatic heterocycles. The van der Waals surface area contributed by atoms with Crippen molar-refractivity contribution in [3.8, 4) is 0 Å². The van der Waals surface area contributed by atoms with E-state index >= 15 is 0 Å². The molecule has 0 aliphatic carbocycles. The number of quaternary nitrogens is 1. The Morgan fingerprint density at radius 1 is 1.45 bits per heavy atom. The highest BCUT2D eigenvalue weighted by Gasteiger charge is 1.98. The van der Waals surface area contributed by atoms with Crippen LogP contribution in [-0.2, 0) is 11.2 Å². The molecule has 0 aliphatic rings. The molecule has 11 heavy (non-hydrogen) atoms. The van der Waals surface area contributed by atoms with E-state index < -0.39 is 0 Å². The van der Waals surface area contributed by atoms with Gasteiger partial charge in [0.05, 0.1) is 6.42 Å². The molecule has 3 nitrogen and oxygen atoms in total. The van der Waals surface area contributed by atoms with E-state index in [1.807, 2.05) is 12.1 Å². The van der Waals surface area contributed by atoms with Crippen molar-refractivity contribution in [1.82, 2.24) is 4.98 Å². The summed E-state index contributed by atoms with van der Waals surface area (Å²) in [6, 6.07) is 3.81. The molecule has 0 saturated heterocycles. The summed E-state index contributed by atoms with van der Waals surface area (Å²) in [5, 5.41) is 0. The number of aryl methyl sites for hydroxylation is 1. The lowest BCUT2D eigenvalue weighted by Crippen LogP contribution is -2.56. The lowest BCUT2D eigenvalue weighted by molar-refractivity contribution is -0.305. The lowest BCUT2D eigenvalue weighted by Gasteiger charge is -1.94. The number of carbonyl (C=O) groups excluding carboxylic acids is 1. The maximum atomic E-state index is 10.5. The van der Waals surface area contributed by atoms with Crippen molar-refractivity contribution < 1.29 is 10.5 Å². The zero-order valence-electron chi connectivity index (χ0n) is 6.29. The largest absolute Gasteiger partial charge is 0.309 e. The van der Waals surface area contributed by atoms with Crippen molar-refractivity contribution >= 4 is 5.91 Å². The molecule has 1 amide bonds. The standard InChI is InChI=1S/C8H10N2O/c9-8(11)2-1-7-3-5-10-6-4-7/h3-6H,1-2H2,(H2,9,11)/p+1. The van der Waals surface area contributed by atoms with Crippen LogP contribution in [0.5, 0.6) is 0 Å². The summed E-state index contributed by atoms with van der Waals surface area (Å²) >= 11 is 0. The first-order chi connectivity index (χ1) is 5.29. The van der Waals surface area contributed by atoms with Gasteiger partial charge in [0.25, 0.3) is 0 Å². The molecule has 1 rings (SSSR count). The van der Waals surface area contributed by atoms with Crippen LogP contribution in [0.1, 0.15) is 12.0 Å². The summed E-state index contributed by atoms with van der Waals surface area (Å²) in [5.74, 6) is -0.0122. The van der Waals surface area contributed by atoms with Gasteiger partial charge in [0.2, 0.25) is 0 Å². The summed E-state index contributed by atoms with van der Waals surface area (Å²) in [5.41, 5.74) is 4.44. The molecule has 0 saturated carbocycles. The molecular formula is C8H11N2O+. The van der Waals surface area contributed by atoms with Gasteiger partial charge in [-0.25, -0.2) is 4.79 Å². The minimum atomic E-state index is -0.0122. The molecular weight excluding hydrogens is 140 g/mol. The Labute approximate surface area is 65.2 Å². The van der Waals surface area contributed by atoms with Crippen LogP contribution in [0.2, 0.25) is 0 Å². The average molecular weight is 151 g/mol. The predicted octanol–water partition coefficient (Wildman–Crippen LogP) is -0.217. The monoisotopic (exact) mass is 151 g/mol. The number of rotatable bonds is 3. The quantitative estimate of drug-likeness (QED) is 0.649. The maximum Gasteiger partial charge on any atom is 0.309 e. The van der Waals surface area contributed by atoms with Gasteiger partial charge < -0.3 is 0 Å². The Morgan fingerprint density at radius 3 is 2.64 bits per heavy atom. The van der Waals surface area contributed by atoms with Gasteiger partial charge >= 0.3 is 5.91 Å². The summed E-state index contributed by atoms with van der Waals surface area (Å²) in [4.78, 5) is 14.4. The topological polar surface area (TPSA) is 57.6 Å². The smallest absolute Gasteiger partial charge is 0.295 e. The van der Waals surface area contributed by atoms with E-state index in [0.29, 0.717) is 6.42 Å². The Morgan fingerprint density at radius 2 is 2.09 bits per heavy atom. The highest BCUT2D eigenvalue weighted by Crippen LogP contribution is 1.98. The SMILES string of the molecule is [NH3+]C(=O)CCc1ccncc1. The van der Waals surface area contributed by atoms with Crippen LogP contribution in [0, 0.1) is 0 Å². The van der Waals surface area contributed by atoms with Gasteiger partial charge in [-0.3, -0.25) is 10.7 Å². The number of amides is 1. The Hall–Kier alpha value is -1.22. The third-order valence-electron chi connectivity index (χ3n) is 1.44. The first-order valence-corrected chi connectivity index (χ1v) is 3.53. The van der Waals surface area contributed by atoms with Gasteiger partial charge in [0.15, 0.2) is 0 Å². The fraction of sp³-hybridized carbons (Fsp3) is 0.250. The molecule has 3 heteroatoms. The van der Waals surface area contributed by atoms with Crippen molar-refractivity contribution in [3.05, 3.63) is 30.1 Å². The highest BCUT2D eigenvalue weighted by molar-refractivity contribution is 5.64. The molecule has 0 aromatic carbocycles. The van der Waals surface area contributed by atoms with Crippen molar-refractivity contribution in [3.63, 3.8) is 0 Å². The van der Waals surface area contributed by atoms with Crippen molar-refractivity contribution in [1.29, 1.82) is 0 Å². The van der Waals surface area contributed by atoms with Crippen LogP contribution in [0.3, 0.4) is 0 Å². The van der Waals surface area contributed by atoms with Crippen LogP contribution in [-0.4, -0.2) is 10.9 Å². The predicted molar refractivity (Wildman–Crippen MR) is 40.5 cm³/mol. The lowest BCUT2D eigenvalue weighted by atomic mass is 10.1. The number of pyridine rings is 1. The van der Waals surface area contributed by atoms with Gasteiger partial charge in [-0.1, -0.05) is 0 Å². The fourth-order valence-corrected chi connectivity index (χ4v) is 0.833. The zero-order chi connectivity index (χ0) is 8.10. The van der Waals surface area contributed by atoms with Crippen LogP contribution >= 0.6 is 0 Å². The van der Waals surface area contributed by atoms with E-state index in [4.69, 9.17) is 0 Å². The Kier molecular flexibility index (Phi) is 2.74. The number of nitrogens with zero attached hydrogens (tertiary/aromatic N) is 1. The molecule has 0 radical (unpaired) electrons. The average Bonchev–Trinajstić information content (AvgIpc) is 2.03. The van der Waals surface area contributed by atoms with Crippen LogP contribution in [0.15, 0.2) is 24.5 Å². The molecule has 1 aromatic rings. The zero-order valence-corrected chi connectivity index (χ0v) is 6.29. The first-order valence-electron chi connectivity index (χ1n) is 3.53. The molecule has 1 heterocycles. The number of hydrogen-bond acceptors (Lipinski definition) is 2. The van der Waals surface area contributed by atoms with E-state index in [2.05, 4.69) is 10.7 Å². The van der Waals surface area contributed by atoms with Gasteiger partial charge in [-0.2, -0.15) is 0 Å². The molecule has 3 N–H and O–H groups in total. The van der Waals surface area contributed by atoms with E-state index in [9.17, 15) is 4.79 Å². The second-order valence-electron chi connectivity index (χ2n) is 2.39. The van der Waals surface area contributed by atoms with Crippen LogP contribution in [0.4, 0.5) is 0 Å². The summed E-state index contributed by atoms with van der Waals surface area (Å²) in [6.07, 6.45) is 4.74. The number of aromatic nitrogens is 1. The molecule has 0 unspecified atom stereocenters. The Balaban J connectivity index is 2.45. The van der Waals surface area contributed by atoms with Crippen molar-refractivity contribution in [2.75, 3.05) is 0 Å². The second-order valence-corrected chi connectivity index (χ2v) is 2.39. The normalized spacial score (nSPS) is 9.55. The van der Waals surface area contributed by atoms with Gasteiger partial charge in [0.1, 0.15) is 0 Å². The van der Waals surface area contributed by atoms with E-state index in [0.717, 1.165) is 12.0 Å². The van der Waals surface area contributed by atoms with Gasteiger partial charge in [-0.15, -0.1) is 0 Å². The Bertz CT molecular complexity index is 233. The third kappa shape index (κ3) is 2.91. The number of carbonyl (C=O) groups is 1. The molecule has 0 fully saturated rings. The summed E-state index contributed by atoms with van der Waals surface area (Å²) in [7, 11) is 0. The molecule has 0 spiro atoms. The van der Waals surface area contributed by atoms with E-state index in [-0.39, 0.29) is 5.91 Å². The molecule has 0 aliphatic heterocycles. The minimum Gasteiger partial charge on any atom is -0.295 e. The van der Waals surface area contributed by atoms with Gasteiger partial charge in [0, 0.05) is 12.4 Å². The number of hydrogen-bond donors (Lipinski definition) is 1. The summed E-state index contributed by atoms with van der Waals surface area (Å²) < 4.78 is 0. The minimum absolute atomic E-state index is 0.0122. The third-order valence-corrected chi connectivity index (χ3v) is 1.44. The molecule has 58 valence electrons. The highest BCUT2D eigenvalue weighted by atomic mass is 16.1. The maximum absolute atomic E-state index is 10.5. The fourth-order valence-electron chi connectivity index (χ4n) is 0.833. The summed E-state index contributed by atoms with van der Waals surface area (Å²) in [6.45, 7) is 0. The van der Waals surface area contributed by atoms with Crippen LogP contribution < -0.4 is 5.73 Å². The van der Waals surface area contributed by atoms with E-state index in [1.54, 1.807) is 12.4 Å².